The fourth-order valence-electron chi connectivity index (χ4n) is 4.79. The van der Waals surface area contributed by atoms with Crippen molar-refractivity contribution >= 4 is 63.8 Å². The summed E-state index contributed by atoms with van der Waals surface area (Å²) in [6, 6.07) is 10.2. The number of urea groups is 1. The van der Waals surface area contributed by atoms with Gasteiger partial charge >= 0.3 is 12.4 Å². The van der Waals surface area contributed by atoms with Crippen molar-refractivity contribution in [2.24, 2.45) is 5.92 Å². The molecule has 0 aliphatic heterocycles. The van der Waals surface area contributed by atoms with Gasteiger partial charge < -0.3 is 30.6 Å². The van der Waals surface area contributed by atoms with Crippen LogP contribution in [-0.2, 0) is 4.79 Å². The first-order chi connectivity index (χ1) is 19.8. The van der Waals surface area contributed by atoms with Crippen LogP contribution in [0.3, 0.4) is 0 Å². The van der Waals surface area contributed by atoms with E-state index in [0.29, 0.717) is 23.3 Å². The number of carbonyl (C=O) groups excluding carboxylic acids is 3. The molecule has 0 saturated heterocycles. The van der Waals surface area contributed by atoms with E-state index in [4.69, 9.17) is 23.2 Å². The number of amides is 3. The van der Waals surface area contributed by atoms with E-state index in [-0.39, 0.29) is 32.2 Å². The molecule has 3 N–H and O–H groups in total. The maximum absolute atomic E-state index is 13.6. The van der Waals surface area contributed by atoms with Crippen molar-refractivity contribution in [2.45, 2.75) is 50.9 Å². The van der Waals surface area contributed by atoms with Gasteiger partial charge in [-0.25, -0.2) is 4.79 Å². The molecule has 2 aromatic carbocycles. The number of rotatable bonds is 8. The average Bonchev–Trinajstić information content (AvgIpc) is 3.34. The molecule has 1 aliphatic rings. The number of halogens is 5. The molecule has 1 aliphatic carbocycles. The average molecular weight is 643 g/mol. The number of hydrogen-bond acceptors (Lipinski definition) is 6. The minimum atomic E-state index is -4.87. The van der Waals surface area contributed by atoms with E-state index in [2.05, 4.69) is 20.7 Å². The number of ether oxygens (including phenoxy) is 1. The van der Waals surface area contributed by atoms with Gasteiger partial charge in [0.2, 0.25) is 0 Å². The van der Waals surface area contributed by atoms with Crippen LogP contribution in [0.1, 0.15) is 48.7 Å². The minimum Gasteiger partial charge on any atom is -0.548 e. The van der Waals surface area contributed by atoms with E-state index in [1.807, 2.05) is 0 Å². The van der Waals surface area contributed by atoms with E-state index in [9.17, 15) is 32.7 Å². The molecule has 1 heterocycles. The zero-order chi connectivity index (χ0) is 30.7. The Hall–Kier alpha value is -3.48. The number of thiophene rings is 1. The first-order valence-electron chi connectivity index (χ1n) is 12.8. The van der Waals surface area contributed by atoms with Crippen molar-refractivity contribution in [3.8, 4) is 16.2 Å². The molecular formula is C28H25Cl2F3N3O5S-. The standard InChI is InChI=1S/C28H26Cl2F3N3O5S/c1-27(25(38)39,16-6-3-2-4-7-16)36-24(37)23-20(34-26(40)35-22-18(29)8-5-9-19(22)30)14-21(42-23)15-10-12-17(13-11-15)41-28(31,32)33/h5,8-14,16H,2-4,6-7H2,1H3,(H,36,37)(H,38,39)(H2,34,35,40)/p-1/t27-/m0/s1. The van der Waals surface area contributed by atoms with Gasteiger partial charge in [0, 0.05) is 4.88 Å². The topological polar surface area (TPSA) is 120 Å². The van der Waals surface area contributed by atoms with E-state index >= 15 is 0 Å². The van der Waals surface area contributed by atoms with E-state index in [0.717, 1.165) is 42.7 Å². The van der Waals surface area contributed by atoms with Crippen LogP contribution in [-0.4, -0.2) is 29.8 Å². The van der Waals surface area contributed by atoms with Crippen molar-refractivity contribution < 1.29 is 37.4 Å². The molecule has 3 amide bonds. The number of nitrogens with one attached hydrogen (secondary N) is 3. The fraction of sp³-hybridized carbons (Fsp3) is 0.321. The Kier molecular flexibility index (Phi) is 9.59. The summed E-state index contributed by atoms with van der Waals surface area (Å²) >= 11 is 13.2. The Bertz CT molecular complexity index is 1460. The number of carboxylic acid groups (broad SMARTS) is 1. The van der Waals surface area contributed by atoms with E-state index in [1.54, 1.807) is 6.07 Å². The van der Waals surface area contributed by atoms with Crippen LogP contribution in [0.25, 0.3) is 10.4 Å². The largest absolute Gasteiger partial charge is 0.573 e. The lowest BCUT2D eigenvalue weighted by molar-refractivity contribution is -0.315. The second-order valence-electron chi connectivity index (χ2n) is 9.88. The van der Waals surface area contributed by atoms with Crippen molar-refractivity contribution in [1.29, 1.82) is 0 Å². The molecule has 0 spiro atoms. The number of carbonyl (C=O) groups is 3. The number of hydrogen-bond donors (Lipinski definition) is 3. The summed E-state index contributed by atoms with van der Waals surface area (Å²) in [5.74, 6) is -3.00. The van der Waals surface area contributed by atoms with Gasteiger partial charge in [-0.15, -0.1) is 24.5 Å². The molecule has 1 saturated carbocycles. The Balaban J connectivity index is 1.66. The molecule has 1 fully saturated rings. The lowest BCUT2D eigenvalue weighted by atomic mass is 9.75. The van der Waals surface area contributed by atoms with Gasteiger partial charge in [0.1, 0.15) is 10.6 Å². The van der Waals surface area contributed by atoms with Gasteiger partial charge in [0.05, 0.1) is 32.9 Å². The SMILES string of the molecule is C[C@@](NC(=O)c1sc(-c2ccc(OC(F)(F)F)cc2)cc1NC(=O)Nc1c(Cl)cccc1Cl)(C(=O)[O-])C1CCCCC1. The summed E-state index contributed by atoms with van der Waals surface area (Å²) < 4.78 is 41.7. The number of benzene rings is 2. The van der Waals surface area contributed by atoms with Gasteiger partial charge in [0.25, 0.3) is 5.91 Å². The molecule has 1 aromatic heterocycles. The quantitative estimate of drug-likeness (QED) is 0.242. The van der Waals surface area contributed by atoms with Crippen LogP contribution in [0.4, 0.5) is 29.3 Å². The van der Waals surface area contributed by atoms with Gasteiger partial charge in [0.15, 0.2) is 0 Å². The van der Waals surface area contributed by atoms with Crippen molar-refractivity contribution in [3.63, 3.8) is 0 Å². The third-order valence-electron chi connectivity index (χ3n) is 6.98. The normalized spacial score (nSPS) is 15.4. The molecule has 224 valence electrons. The summed E-state index contributed by atoms with van der Waals surface area (Å²) in [5, 5.41) is 20.3. The fourth-order valence-corrected chi connectivity index (χ4v) is 6.30. The third-order valence-corrected chi connectivity index (χ3v) is 8.79. The maximum Gasteiger partial charge on any atom is 0.573 e. The summed E-state index contributed by atoms with van der Waals surface area (Å²) in [6.45, 7) is 1.41. The lowest BCUT2D eigenvalue weighted by Crippen LogP contribution is -2.62. The van der Waals surface area contributed by atoms with Crippen molar-refractivity contribution in [1.82, 2.24) is 5.32 Å². The molecule has 0 radical (unpaired) electrons. The van der Waals surface area contributed by atoms with Crippen LogP contribution < -0.4 is 25.8 Å². The summed E-state index contributed by atoms with van der Waals surface area (Å²) in [7, 11) is 0. The highest BCUT2D eigenvalue weighted by Gasteiger charge is 2.39. The van der Waals surface area contributed by atoms with Gasteiger partial charge in [-0.2, -0.15) is 0 Å². The number of carboxylic acids is 1. The Morgan fingerprint density at radius 2 is 1.60 bits per heavy atom. The number of para-hydroxylation sites is 1. The molecule has 0 bridgehead atoms. The van der Waals surface area contributed by atoms with Gasteiger partial charge in [-0.3, -0.25) is 4.79 Å². The number of alkyl halides is 3. The van der Waals surface area contributed by atoms with E-state index < -0.39 is 35.6 Å². The monoisotopic (exact) mass is 642 g/mol. The molecule has 1 atom stereocenters. The summed E-state index contributed by atoms with van der Waals surface area (Å²) in [4.78, 5) is 39.1. The Morgan fingerprint density at radius 3 is 2.17 bits per heavy atom. The molecular weight excluding hydrogens is 618 g/mol. The van der Waals surface area contributed by atoms with Crippen molar-refractivity contribution in [2.75, 3.05) is 10.6 Å². The van der Waals surface area contributed by atoms with Crippen LogP contribution in [0.5, 0.6) is 5.75 Å². The lowest BCUT2D eigenvalue weighted by Gasteiger charge is -2.41. The van der Waals surface area contributed by atoms with E-state index in [1.165, 1.54) is 37.3 Å². The molecule has 0 unspecified atom stereocenters. The smallest absolute Gasteiger partial charge is 0.548 e. The maximum atomic E-state index is 13.6. The zero-order valence-corrected chi connectivity index (χ0v) is 24.4. The summed E-state index contributed by atoms with van der Waals surface area (Å²) in [5.41, 5.74) is -1.11. The second-order valence-corrected chi connectivity index (χ2v) is 11.7. The van der Waals surface area contributed by atoms with Crippen LogP contribution in [0.2, 0.25) is 10.0 Å². The minimum absolute atomic E-state index is 0.0214. The Morgan fingerprint density at radius 1 is 0.976 bits per heavy atom. The third kappa shape index (κ3) is 7.47. The second kappa shape index (κ2) is 12.8. The van der Waals surface area contributed by atoms with Gasteiger partial charge in [-0.05, 0) is 73.7 Å². The highest BCUT2D eigenvalue weighted by atomic mass is 35.5. The summed E-state index contributed by atoms with van der Waals surface area (Å²) in [6.07, 6.45) is -1.07. The van der Waals surface area contributed by atoms with Crippen LogP contribution in [0, 0.1) is 5.92 Å². The highest BCUT2D eigenvalue weighted by molar-refractivity contribution is 7.18. The molecule has 14 heteroatoms. The van der Waals surface area contributed by atoms with Crippen LogP contribution >= 0.6 is 34.5 Å². The molecule has 3 aromatic rings. The number of aliphatic carboxylic acids is 1. The first-order valence-corrected chi connectivity index (χ1v) is 14.4. The van der Waals surface area contributed by atoms with Gasteiger partial charge in [-0.1, -0.05) is 48.5 Å². The molecule has 42 heavy (non-hydrogen) atoms. The molecule has 4 rings (SSSR count). The number of anilines is 2. The highest BCUT2D eigenvalue weighted by Crippen LogP contribution is 2.38. The Labute approximate surface area is 253 Å². The predicted octanol–water partition coefficient (Wildman–Crippen LogP) is 7.08. The van der Waals surface area contributed by atoms with Crippen molar-refractivity contribution in [3.05, 3.63) is 63.5 Å². The molecule has 8 nitrogen and oxygen atoms in total. The first kappa shape index (κ1) is 31.5. The zero-order valence-electron chi connectivity index (χ0n) is 22.1. The predicted molar refractivity (Wildman–Crippen MR) is 153 cm³/mol. The van der Waals surface area contributed by atoms with Crippen LogP contribution in [0.15, 0.2) is 48.5 Å².